The molecule has 2 aromatic carbocycles. The number of sulfonamides is 1. The maximum atomic E-state index is 13.8. The lowest BCUT2D eigenvalue weighted by molar-refractivity contribution is -0.134. The van der Waals surface area contributed by atoms with E-state index in [1.807, 2.05) is 36.1 Å². The van der Waals surface area contributed by atoms with Gasteiger partial charge >= 0.3 is 0 Å². The van der Waals surface area contributed by atoms with Crippen LogP contribution < -0.4 is 0 Å². The van der Waals surface area contributed by atoms with Crippen molar-refractivity contribution < 1.29 is 18.0 Å². The van der Waals surface area contributed by atoms with Crippen LogP contribution in [0.15, 0.2) is 47.4 Å². The average molecular weight is 540 g/mol. The first-order valence-electron chi connectivity index (χ1n) is 14.5. The molecule has 0 aliphatic carbocycles. The van der Waals surface area contributed by atoms with Gasteiger partial charge in [-0.05, 0) is 81.1 Å². The molecule has 0 N–H and O–H groups in total. The first-order valence-corrected chi connectivity index (χ1v) is 15.9. The molecule has 3 aliphatic rings. The van der Waals surface area contributed by atoms with E-state index in [0.717, 1.165) is 47.3 Å². The normalized spacial score (nSPS) is 24.3. The smallest absolute Gasteiger partial charge is 0.266 e. The number of benzene rings is 2. The maximum Gasteiger partial charge on any atom is 0.266 e. The van der Waals surface area contributed by atoms with E-state index in [4.69, 9.17) is 0 Å². The van der Waals surface area contributed by atoms with Crippen LogP contribution >= 0.6 is 0 Å². The van der Waals surface area contributed by atoms with Crippen LogP contribution in [0.1, 0.15) is 71.1 Å². The van der Waals surface area contributed by atoms with Crippen LogP contribution in [0.25, 0.3) is 10.8 Å². The Morgan fingerprint density at radius 1 is 0.947 bits per heavy atom. The molecular weight excluding hydrogens is 498 g/mol. The number of rotatable bonds is 10. The van der Waals surface area contributed by atoms with Crippen molar-refractivity contribution in [3.8, 4) is 0 Å². The number of amides is 2. The molecule has 5 rings (SSSR count). The molecule has 0 bridgehead atoms. The van der Waals surface area contributed by atoms with Gasteiger partial charge < -0.3 is 9.80 Å². The molecule has 38 heavy (non-hydrogen) atoms. The third kappa shape index (κ3) is 5.34. The molecule has 0 spiro atoms. The summed E-state index contributed by atoms with van der Waals surface area (Å²) in [6.45, 7) is 6.02. The predicted molar refractivity (Wildman–Crippen MR) is 149 cm³/mol. The fraction of sp³-hybridized carbons (Fsp3) is 0.600. The van der Waals surface area contributed by atoms with Gasteiger partial charge in [0, 0.05) is 13.0 Å². The largest absolute Gasteiger partial charge is 0.337 e. The molecule has 3 saturated heterocycles. The summed E-state index contributed by atoms with van der Waals surface area (Å²) in [5, 5.41) is 1.78. The number of piperidine rings is 1. The Bertz CT molecular complexity index is 1260. The molecule has 0 unspecified atom stereocenters. The van der Waals surface area contributed by atoms with E-state index < -0.39 is 22.0 Å². The predicted octanol–water partition coefficient (Wildman–Crippen LogP) is 4.80. The van der Waals surface area contributed by atoms with E-state index >= 15 is 0 Å². The zero-order valence-corrected chi connectivity index (χ0v) is 23.4. The van der Waals surface area contributed by atoms with Gasteiger partial charge in [0.2, 0.25) is 11.8 Å². The quantitative estimate of drug-likeness (QED) is 0.405. The molecule has 3 aliphatic heterocycles. The summed E-state index contributed by atoms with van der Waals surface area (Å²) in [6, 6.07) is 11.8. The number of carbonyl (C=O) groups is 2. The fourth-order valence-corrected chi connectivity index (χ4v) is 8.46. The van der Waals surface area contributed by atoms with E-state index in [1.165, 1.54) is 32.4 Å². The second-order valence-corrected chi connectivity index (χ2v) is 13.0. The highest BCUT2D eigenvalue weighted by Gasteiger charge is 2.58. The lowest BCUT2D eigenvalue weighted by Crippen LogP contribution is -2.43. The highest BCUT2D eigenvalue weighted by atomic mass is 32.2. The molecule has 3 fully saturated rings. The summed E-state index contributed by atoms with van der Waals surface area (Å²) in [4.78, 5) is 31.4. The Morgan fingerprint density at radius 3 is 2.47 bits per heavy atom. The van der Waals surface area contributed by atoms with Crippen molar-refractivity contribution >= 4 is 32.6 Å². The first-order chi connectivity index (χ1) is 18.4. The van der Waals surface area contributed by atoms with Crippen LogP contribution in [0.2, 0.25) is 0 Å². The van der Waals surface area contributed by atoms with Crippen molar-refractivity contribution in [3.63, 3.8) is 0 Å². The molecule has 3 atom stereocenters. The molecule has 7 nitrogen and oxygen atoms in total. The van der Waals surface area contributed by atoms with Gasteiger partial charge in [-0.1, -0.05) is 56.5 Å². The number of hydrogen-bond acceptors (Lipinski definition) is 5. The van der Waals surface area contributed by atoms with Crippen molar-refractivity contribution in [2.45, 2.75) is 88.1 Å². The minimum absolute atomic E-state index is 0.0642. The van der Waals surface area contributed by atoms with Gasteiger partial charge in [-0.15, -0.1) is 0 Å². The minimum Gasteiger partial charge on any atom is -0.337 e. The van der Waals surface area contributed by atoms with Crippen molar-refractivity contribution in [2.75, 3.05) is 26.2 Å². The summed E-state index contributed by atoms with van der Waals surface area (Å²) in [5.41, 5.74) is 0. The summed E-state index contributed by atoms with van der Waals surface area (Å²) >= 11 is 0. The first kappa shape index (κ1) is 27.1. The number of unbranched alkanes of at least 4 members (excludes halogenated alkanes) is 2. The lowest BCUT2D eigenvalue weighted by atomic mass is 9.94. The zero-order valence-electron chi connectivity index (χ0n) is 22.6. The number of fused-ring (bicyclic) bond motifs is 2. The number of carbonyl (C=O) groups excluding carboxylic acids is 2. The molecule has 2 amide bonds. The average Bonchev–Trinajstić information content (AvgIpc) is 3.47. The van der Waals surface area contributed by atoms with Gasteiger partial charge in [-0.3, -0.25) is 9.59 Å². The number of likely N-dealkylation sites (tertiary alicyclic amines) is 2. The second-order valence-electron chi connectivity index (χ2n) is 11.2. The van der Waals surface area contributed by atoms with Gasteiger partial charge in [0.15, 0.2) is 0 Å². The maximum absolute atomic E-state index is 13.8. The Kier molecular flexibility index (Phi) is 8.38. The van der Waals surface area contributed by atoms with Crippen LogP contribution in [0.3, 0.4) is 0 Å². The summed E-state index contributed by atoms with van der Waals surface area (Å²) in [7, 11) is -4.03. The van der Waals surface area contributed by atoms with Gasteiger partial charge in [0.1, 0.15) is 0 Å². The standard InChI is InChI=1S/C30H41N3O4S/c1-2-11-26-29-27(17-21-32(29)28(34)14-5-3-8-18-31-19-9-4-10-20-31)33(30(26)35)38(36,37)25-16-15-23-12-6-7-13-24(23)22-25/h6-7,12-13,15-16,22,26-27,29H,2-5,8-11,14,17-21H2,1H3/t26-,27+,29-/m1/s1. The summed E-state index contributed by atoms with van der Waals surface area (Å²) in [5.74, 6) is -0.755. The molecule has 8 heteroatoms. The number of hydrogen-bond donors (Lipinski definition) is 0. The zero-order chi connectivity index (χ0) is 26.7. The minimum atomic E-state index is -4.03. The molecule has 2 aromatic rings. The monoisotopic (exact) mass is 539 g/mol. The van der Waals surface area contributed by atoms with E-state index in [1.54, 1.807) is 18.2 Å². The molecule has 0 radical (unpaired) electrons. The molecule has 3 heterocycles. The topological polar surface area (TPSA) is 78.0 Å². The SMILES string of the molecule is CCC[C@H]1C(=O)N(S(=O)(=O)c2ccc3ccccc3c2)[C@H]2CCN(C(=O)CCCCCN3CCCCC3)[C@H]12. The van der Waals surface area contributed by atoms with Gasteiger partial charge in [0.05, 0.1) is 22.9 Å². The summed E-state index contributed by atoms with van der Waals surface area (Å²) in [6.07, 6.45) is 9.21. The van der Waals surface area contributed by atoms with Crippen LogP contribution in [0.4, 0.5) is 0 Å². The van der Waals surface area contributed by atoms with Crippen molar-refractivity contribution in [2.24, 2.45) is 5.92 Å². The van der Waals surface area contributed by atoms with Crippen molar-refractivity contribution in [3.05, 3.63) is 42.5 Å². The van der Waals surface area contributed by atoms with Gasteiger partial charge in [-0.25, -0.2) is 12.7 Å². The van der Waals surface area contributed by atoms with E-state index in [9.17, 15) is 18.0 Å². The Balaban J connectivity index is 1.27. The van der Waals surface area contributed by atoms with Crippen molar-refractivity contribution in [1.29, 1.82) is 0 Å². The lowest BCUT2D eigenvalue weighted by Gasteiger charge is -2.28. The third-order valence-electron chi connectivity index (χ3n) is 8.68. The van der Waals surface area contributed by atoms with Crippen LogP contribution in [0, 0.1) is 5.92 Å². The van der Waals surface area contributed by atoms with Crippen LogP contribution in [0.5, 0.6) is 0 Å². The Morgan fingerprint density at radius 2 is 1.71 bits per heavy atom. The van der Waals surface area contributed by atoms with Crippen LogP contribution in [-0.4, -0.2) is 72.6 Å². The van der Waals surface area contributed by atoms with Crippen LogP contribution in [-0.2, 0) is 19.6 Å². The van der Waals surface area contributed by atoms with E-state index in [0.29, 0.717) is 25.8 Å². The molecular formula is C30H41N3O4S. The van der Waals surface area contributed by atoms with E-state index in [-0.39, 0.29) is 22.8 Å². The second kappa shape index (κ2) is 11.7. The molecule has 206 valence electrons. The van der Waals surface area contributed by atoms with Gasteiger partial charge in [0.25, 0.3) is 10.0 Å². The Hall–Kier alpha value is -2.45. The fourth-order valence-electron chi connectivity index (χ4n) is 6.76. The molecule has 0 saturated carbocycles. The number of nitrogens with zero attached hydrogens (tertiary/aromatic N) is 3. The highest BCUT2D eigenvalue weighted by Crippen LogP contribution is 2.42. The molecule has 0 aromatic heterocycles. The van der Waals surface area contributed by atoms with Crippen molar-refractivity contribution in [1.82, 2.24) is 14.1 Å². The highest BCUT2D eigenvalue weighted by molar-refractivity contribution is 7.89. The van der Waals surface area contributed by atoms with Gasteiger partial charge in [-0.2, -0.15) is 0 Å². The summed E-state index contributed by atoms with van der Waals surface area (Å²) < 4.78 is 28.8. The van der Waals surface area contributed by atoms with E-state index in [2.05, 4.69) is 4.90 Å². The Labute approximate surface area is 227 Å². The third-order valence-corrected chi connectivity index (χ3v) is 10.5.